The first-order valence-corrected chi connectivity index (χ1v) is 6.91. The number of imide groups is 1. The van der Waals surface area contributed by atoms with E-state index in [0.29, 0.717) is 6.54 Å². The number of nitrogens with zero attached hydrogens (tertiary/aromatic N) is 3. The van der Waals surface area contributed by atoms with Crippen molar-refractivity contribution in [3.8, 4) is 0 Å². The van der Waals surface area contributed by atoms with E-state index in [1.165, 1.54) is 4.90 Å². The number of hydrogen-bond acceptors (Lipinski definition) is 5. The van der Waals surface area contributed by atoms with Crippen molar-refractivity contribution in [2.24, 2.45) is 0 Å². The topological polar surface area (TPSA) is 55.9 Å². The minimum Gasteiger partial charge on any atom is -0.304 e. The summed E-state index contributed by atoms with van der Waals surface area (Å²) in [5, 5.41) is 2.97. The molecule has 0 saturated carbocycles. The summed E-state index contributed by atoms with van der Waals surface area (Å²) >= 11 is 0. The molecule has 2 rings (SSSR count). The van der Waals surface area contributed by atoms with Gasteiger partial charge < -0.3 is 4.90 Å². The Bertz CT molecular complexity index is 362. The molecule has 6 heteroatoms. The van der Waals surface area contributed by atoms with E-state index in [4.69, 9.17) is 0 Å². The van der Waals surface area contributed by atoms with Gasteiger partial charge in [0.2, 0.25) is 11.8 Å². The summed E-state index contributed by atoms with van der Waals surface area (Å²) in [6, 6.07) is 0. The molecule has 0 aliphatic carbocycles. The Morgan fingerprint density at radius 1 is 1.11 bits per heavy atom. The molecule has 2 amide bonds. The predicted octanol–water partition coefficient (Wildman–Crippen LogP) is -1.03. The van der Waals surface area contributed by atoms with Crippen molar-refractivity contribution >= 4 is 11.8 Å². The SMILES string of the molecule is CN1CCN(CCN2C(=O)CNC(C)(C)C2=O)CC1. The molecule has 2 aliphatic heterocycles. The first-order chi connectivity index (χ1) is 8.90. The van der Waals surface area contributed by atoms with Crippen LogP contribution in [0.15, 0.2) is 0 Å². The van der Waals surface area contributed by atoms with Gasteiger partial charge in [-0.15, -0.1) is 0 Å². The number of amides is 2. The van der Waals surface area contributed by atoms with Crippen LogP contribution >= 0.6 is 0 Å². The van der Waals surface area contributed by atoms with Crippen molar-refractivity contribution < 1.29 is 9.59 Å². The molecular weight excluding hydrogens is 244 g/mol. The van der Waals surface area contributed by atoms with Crippen LogP contribution in [-0.2, 0) is 9.59 Å². The van der Waals surface area contributed by atoms with Gasteiger partial charge in [-0.2, -0.15) is 0 Å². The van der Waals surface area contributed by atoms with Crippen LogP contribution in [0, 0.1) is 0 Å². The van der Waals surface area contributed by atoms with E-state index in [9.17, 15) is 9.59 Å². The van der Waals surface area contributed by atoms with Gasteiger partial charge >= 0.3 is 0 Å². The first-order valence-electron chi connectivity index (χ1n) is 6.91. The van der Waals surface area contributed by atoms with Gasteiger partial charge in [-0.05, 0) is 20.9 Å². The molecule has 2 aliphatic rings. The van der Waals surface area contributed by atoms with Crippen molar-refractivity contribution in [2.75, 3.05) is 52.9 Å². The van der Waals surface area contributed by atoms with Gasteiger partial charge in [0.25, 0.3) is 0 Å². The molecule has 1 N–H and O–H groups in total. The average molecular weight is 268 g/mol. The van der Waals surface area contributed by atoms with Crippen molar-refractivity contribution in [1.82, 2.24) is 20.0 Å². The van der Waals surface area contributed by atoms with Crippen molar-refractivity contribution in [3.63, 3.8) is 0 Å². The fourth-order valence-corrected chi connectivity index (χ4v) is 2.46. The zero-order valence-corrected chi connectivity index (χ0v) is 12.1. The molecule has 0 spiro atoms. The summed E-state index contributed by atoms with van der Waals surface area (Å²) < 4.78 is 0. The van der Waals surface area contributed by atoms with Gasteiger partial charge in [-0.3, -0.25) is 24.7 Å². The van der Waals surface area contributed by atoms with Gasteiger partial charge in [-0.1, -0.05) is 0 Å². The smallest absolute Gasteiger partial charge is 0.248 e. The molecule has 2 heterocycles. The maximum atomic E-state index is 12.2. The lowest BCUT2D eigenvalue weighted by Gasteiger charge is -2.38. The van der Waals surface area contributed by atoms with Gasteiger partial charge in [0.15, 0.2) is 0 Å². The third-order valence-corrected chi connectivity index (χ3v) is 4.00. The molecule has 2 fully saturated rings. The Labute approximate surface area is 114 Å². The van der Waals surface area contributed by atoms with Crippen LogP contribution in [0.5, 0.6) is 0 Å². The van der Waals surface area contributed by atoms with E-state index in [-0.39, 0.29) is 18.4 Å². The average Bonchev–Trinajstić information content (AvgIpc) is 2.37. The zero-order chi connectivity index (χ0) is 14.0. The molecule has 0 unspecified atom stereocenters. The minimum atomic E-state index is -0.629. The van der Waals surface area contributed by atoms with Crippen LogP contribution in [0.1, 0.15) is 13.8 Å². The summed E-state index contributed by atoms with van der Waals surface area (Å²) in [4.78, 5) is 30.1. The van der Waals surface area contributed by atoms with E-state index in [0.717, 1.165) is 32.7 Å². The molecule has 0 atom stereocenters. The molecule has 0 bridgehead atoms. The summed E-state index contributed by atoms with van der Waals surface area (Å²) in [6.45, 7) is 9.30. The van der Waals surface area contributed by atoms with Crippen molar-refractivity contribution in [2.45, 2.75) is 19.4 Å². The highest BCUT2D eigenvalue weighted by Gasteiger charge is 2.39. The van der Waals surface area contributed by atoms with E-state index in [2.05, 4.69) is 22.2 Å². The Hall–Kier alpha value is -0.980. The Morgan fingerprint density at radius 2 is 1.74 bits per heavy atom. The van der Waals surface area contributed by atoms with Gasteiger partial charge in [0, 0.05) is 39.3 Å². The number of hydrogen-bond donors (Lipinski definition) is 1. The van der Waals surface area contributed by atoms with Crippen LogP contribution in [-0.4, -0.2) is 84.9 Å². The Balaban J connectivity index is 1.87. The standard InChI is InChI=1S/C13H24N4O2/c1-13(2)12(19)17(11(18)10-14-13)9-8-16-6-4-15(3)5-7-16/h14H,4-10H2,1-3H3. The molecule has 6 nitrogen and oxygen atoms in total. The third-order valence-electron chi connectivity index (χ3n) is 4.00. The number of carbonyl (C=O) groups is 2. The van der Waals surface area contributed by atoms with Crippen molar-refractivity contribution in [1.29, 1.82) is 0 Å². The van der Waals surface area contributed by atoms with E-state index in [1.54, 1.807) is 0 Å². The summed E-state index contributed by atoms with van der Waals surface area (Å²) in [5.74, 6) is -0.226. The normalized spacial score (nSPS) is 25.9. The van der Waals surface area contributed by atoms with Crippen LogP contribution < -0.4 is 5.32 Å². The minimum absolute atomic E-state index is 0.113. The lowest BCUT2D eigenvalue weighted by atomic mass is 10.0. The lowest BCUT2D eigenvalue weighted by molar-refractivity contribution is -0.152. The molecule has 2 saturated heterocycles. The van der Waals surface area contributed by atoms with Gasteiger partial charge in [0.05, 0.1) is 12.1 Å². The van der Waals surface area contributed by atoms with Crippen LogP contribution in [0.3, 0.4) is 0 Å². The van der Waals surface area contributed by atoms with Crippen molar-refractivity contribution in [3.05, 3.63) is 0 Å². The predicted molar refractivity (Wildman–Crippen MR) is 72.7 cm³/mol. The highest BCUT2D eigenvalue weighted by atomic mass is 16.2. The zero-order valence-electron chi connectivity index (χ0n) is 12.1. The second kappa shape index (κ2) is 5.56. The van der Waals surface area contributed by atoms with Gasteiger partial charge in [-0.25, -0.2) is 0 Å². The molecule has 108 valence electrons. The summed E-state index contributed by atoms with van der Waals surface area (Å²) in [7, 11) is 2.11. The fourth-order valence-electron chi connectivity index (χ4n) is 2.46. The summed E-state index contributed by atoms with van der Waals surface area (Å²) in [5.41, 5.74) is -0.629. The lowest BCUT2D eigenvalue weighted by Crippen LogP contribution is -2.64. The number of rotatable bonds is 3. The molecule has 0 radical (unpaired) electrons. The quantitative estimate of drug-likeness (QED) is 0.664. The van der Waals surface area contributed by atoms with E-state index in [1.807, 2.05) is 13.8 Å². The largest absolute Gasteiger partial charge is 0.304 e. The van der Waals surface area contributed by atoms with Crippen LogP contribution in [0.4, 0.5) is 0 Å². The highest BCUT2D eigenvalue weighted by molar-refractivity contribution is 6.03. The number of carbonyl (C=O) groups excluding carboxylic acids is 2. The second-order valence-corrected chi connectivity index (χ2v) is 5.97. The van der Waals surface area contributed by atoms with Crippen LogP contribution in [0.25, 0.3) is 0 Å². The highest BCUT2D eigenvalue weighted by Crippen LogP contribution is 2.13. The Kier molecular flexibility index (Phi) is 4.23. The number of likely N-dealkylation sites (N-methyl/N-ethyl adjacent to an activating group) is 1. The van der Waals surface area contributed by atoms with Crippen LogP contribution in [0.2, 0.25) is 0 Å². The molecule has 0 aromatic carbocycles. The maximum absolute atomic E-state index is 12.2. The molecular formula is C13H24N4O2. The fraction of sp³-hybridized carbons (Fsp3) is 0.846. The molecule has 19 heavy (non-hydrogen) atoms. The van der Waals surface area contributed by atoms with Gasteiger partial charge in [0.1, 0.15) is 0 Å². The summed E-state index contributed by atoms with van der Waals surface area (Å²) in [6.07, 6.45) is 0. The molecule has 0 aromatic heterocycles. The molecule has 0 aromatic rings. The van der Waals surface area contributed by atoms with E-state index >= 15 is 0 Å². The van der Waals surface area contributed by atoms with E-state index < -0.39 is 5.54 Å². The monoisotopic (exact) mass is 268 g/mol. The first kappa shape index (κ1) is 14.4. The number of piperazine rings is 2. The Morgan fingerprint density at radius 3 is 2.37 bits per heavy atom. The second-order valence-electron chi connectivity index (χ2n) is 5.97. The number of nitrogens with one attached hydrogen (secondary N) is 1. The third kappa shape index (κ3) is 3.32. The maximum Gasteiger partial charge on any atom is 0.248 e.